The molecule has 0 aliphatic heterocycles. The number of pyridine rings is 1. The van der Waals surface area contributed by atoms with Crippen LogP contribution in [-0.4, -0.2) is 35.5 Å². The van der Waals surface area contributed by atoms with Crippen LogP contribution in [0, 0.1) is 6.92 Å². The standard InChI is InChI=1S/C12H17N3/c1-9-4-6-13-12-11(9)10(8-14-12)5-7-15(2)3/h4,6,8H,5,7H2,1-3H3,(H,13,14). The fourth-order valence-electron chi connectivity index (χ4n) is 1.84. The van der Waals surface area contributed by atoms with Gasteiger partial charge in [-0.1, -0.05) is 0 Å². The maximum absolute atomic E-state index is 4.32. The van der Waals surface area contributed by atoms with Crippen LogP contribution in [0.2, 0.25) is 0 Å². The fourth-order valence-corrected chi connectivity index (χ4v) is 1.84. The molecule has 0 aromatic carbocycles. The average molecular weight is 203 g/mol. The van der Waals surface area contributed by atoms with E-state index in [1.807, 2.05) is 6.20 Å². The molecule has 2 aromatic rings. The maximum Gasteiger partial charge on any atom is 0.137 e. The van der Waals surface area contributed by atoms with Crippen molar-refractivity contribution in [2.45, 2.75) is 13.3 Å². The quantitative estimate of drug-likeness (QED) is 0.827. The number of aryl methyl sites for hydroxylation is 1. The van der Waals surface area contributed by atoms with Crippen molar-refractivity contribution >= 4 is 11.0 Å². The fraction of sp³-hybridized carbons (Fsp3) is 0.417. The molecule has 0 saturated carbocycles. The van der Waals surface area contributed by atoms with Crippen molar-refractivity contribution in [1.29, 1.82) is 0 Å². The lowest BCUT2D eigenvalue weighted by atomic mass is 10.1. The lowest BCUT2D eigenvalue weighted by Crippen LogP contribution is -2.14. The Morgan fingerprint density at radius 2 is 2.20 bits per heavy atom. The molecule has 0 aliphatic rings. The second-order valence-electron chi connectivity index (χ2n) is 4.22. The van der Waals surface area contributed by atoms with E-state index in [1.165, 1.54) is 16.5 Å². The van der Waals surface area contributed by atoms with Crippen LogP contribution in [0.15, 0.2) is 18.5 Å². The van der Waals surface area contributed by atoms with Crippen molar-refractivity contribution in [3.8, 4) is 0 Å². The van der Waals surface area contributed by atoms with E-state index >= 15 is 0 Å². The van der Waals surface area contributed by atoms with E-state index in [1.54, 1.807) is 0 Å². The number of aromatic amines is 1. The van der Waals surface area contributed by atoms with E-state index in [0.717, 1.165) is 18.6 Å². The first-order valence-corrected chi connectivity index (χ1v) is 5.25. The van der Waals surface area contributed by atoms with Gasteiger partial charge >= 0.3 is 0 Å². The van der Waals surface area contributed by atoms with Crippen molar-refractivity contribution in [1.82, 2.24) is 14.9 Å². The van der Waals surface area contributed by atoms with Gasteiger partial charge in [0.1, 0.15) is 5.65 Å². The number of aromatic nitrogens is 2. The Labute approximate surface area is 90.1 Å². The molecule has 1 N–H and O–H groups in total. The number of H-pyrrole nitrogens is 1. The van der Waals surface area contributed by atoms with Gasteiger partial charge in [-0.25, -0.2) is 4.98 Å². The molecule has 2 aromatic heterocycles. The van der Waals surface area contributed by atoms with Gasteiger partial charge in [-0.05, 0) is 44.6 Å². The number of likely N-dealkylation sites (N-methyl/N-ethyl adjacent to an activating group) is 1. The van der Waals surface area contributed by atoms with Crippen molar-refractivity contribution < 1.29 is 0 Å². The zero-order chi connectivity index (χ0) is 10.8. The topological polar surface area (TPSA) is 31.9 Å². The van der Waals surface area contributed by atoms with Crippen molar-refractivity contribution in [3.63, 3.8) is 0 Å². The van der Waals surface area contributed by atoms with Gasteiger partial charge in [0, 0.05) is 24.3 Å². The maximum atomic E-state index is 4.32. The molecule has 80 valence electrons. The summed E-state index contributed by atoms with van der Waals surface area (Å²) in [6, 6.07) is 2.06. The number of fused-ring (bicyclic) bond motifs is 1. The molecule has 3 heteroatoms. The highest BCUT2D eigenvalue weighted by Gasteiger charge is 2.06. The Kier molecular flexibility index (Phi) is 2.73. The third-order valence-electron chi connectivity index (χ3n) is 2.69. The van der Waals surface area contributed by atoms with Crippen LogP contribution in [0.1, 0.15) is 11.1 Å². The summed E-state index contributed by atoms with van der Waals surface area (Å²) in [6.45, 7) is 3.21. The molecule has 2 heterocycles. The summed E-state index contributed by atoms with van der Waals surface area (Å²) in [4.78, 5) is 9.74. The summed E-state index contributed by atoms with van der Waals surface area (Å²) in [6.07, 6.45) is 5.00. The Morgan fingerprint density at radius 1 is 1.40 bits per heavy atom. The summed E-state index contributed by atoms with van der Waals surface area (Å²) in [5.74, 6) is 0. The Balaban J connectivity index is 2.35. The molecule has 0 unspecified atom stereocenters. The van der Waals surface area contributed by atoms with Gasteiger partial charge in [-0.2, -0.15) is 0 Å². The third-order valence-corrected chi connectivity index (χ3v) is 2.69. The molecule has 0 saturated heterocycles. The predicted octanol–water partition coefficient (Wildman–Crippen LogP) is 1.98. The lowest BCUT2D eigenvalue weighted by molar-refractivity contribution is 0.414. The first-order chi connectivity index (χ1) is 7.18. The lowest BCUT2D eigenvalue weighted by Gasteiger charge is -2.08. The molecule has 2 rings (SSSR count). The van der Waals surface area contributed by atoms with Crippen molar-refractivity contribution in [3.05, 3.63) is 29.6 Å². The number of hydrogen-bond donors (Lipinski definition) is 1. The van der Waals surface area contributed by atoms with Gasteiger partial charge in [0.2, 0.25) is 0 Å². The van der Waals surface area contributed by atoms with Crippen molar-refractivity contribution in [2.75, 3.05) is 20.6 Å². The van der Waals surface area contributed by atoms with Gasteiger partial charge in [0.15, 0.2) is 0 Å². The van der Waals surface area contributed by atoms with Crippen LogP contribution in [0.4, 0.5) is 0 Å². The predicted molar refractivity (Wildman–Crippen MR) is 63.1 cm³/mol. The van der Waals surface area contributed by atoms with Gasteiger partial charge in [-0.3, -0.25) is 0 Å². The molecular weight excluding hydrogens is 186 g/mol. The van der Waals surface area contributed by atoms with Gasteiger partial charge < -0.3 is 9.88 Å². The smallest absolute Gasteiger partial charge is 0.137 e. The van der Waals surface area contributed by atoms with Crippen LogP contribution < -0.4 is 0 Å². The van der Waals surface area contributed by atoms with Crippen LogP contribution in [0.25, 0.3) is 11.0 Å². The van der Waals surface area contributed by atoms with Crippen LogP contribution >= 0.6 is 0 Å². The van der Waals surface area contributed by atoms with E-state index in [2.05, 4.69) is 48.2 Å². The summed E-state index contributed by atoms with van der Waals surface area (Å²) in [5, 5.41) is 1.29. The average Bonchev–Trinajstić information content (AvgIpc) is 2.59. The Bertz CT molecular complexity index is 457. The third kappa shape index (κ3) is 2.02. The molecule has 0 spiro atoms. The van der Waals surface area contributed by atoms with E-state index in [0.29, 0.717) is 0 Å². The van der Waals surface area contributed by atoms with Crippen LogP contribution in [0.5, 0.6) is 0 Å². The molecule has 0 radical (unpaired) electrons. The van der Waals surface area contributed by atoms with Crippen molar-refractivity contribution in [2.24, 2.45) is 0 Å². The van der Waals surface area contributed by atoms with Gasteiger partial charge in [0.25, 0.3) is 0 Å². The largest absolute Gasteiger partial charge is 0.346 e. The molecule has 15 heavy (non-hydrogen) atoms. The highest BCUT2D eigenvalue weighted by molar-refractivity contribution is 5.83. The highest BCUT2D eigenvalue weighted by Crippen LogP contribution is 2.20. The summed E-state index contributed by atoms with van der Waals surface area (Å²) in [7, 11) is 4.19. The first-order valence-electron chi connectivity index (χ1n) is 5.25. The number of nitrogens with one attached hydrogen (secondary N) is 1. The molecule has 0 fully saturated rings. The zero-order valence-corrected chi connectivity index (χ0v) is 9.54. The van der Waals surface area contributed by atoms with E-state index in [-0.39, 0.29) is 0 Å². The molecule has 3 nitrogen and oxygen atoms in total. The number of nitrogens with zero attached hydrogens (tertiary/aromatic N) is 2. The second kappa shape index (κ2) is 4.03. The summed E-state index contributed by atoms with van der Waals surface area (Å²) >= 11 is 0. The summed E-state index contributed by atoms with van der Waals surface area (Å²) < 4.78 is 0. The molecular formula is C12H17N3. The van der Waals surface area contributed by atoms with Gasteiger partial charge in [-0.15, -0.1) is 0 Å². The molecule has 0 bridgehead atoms. The van der Waals surface area contributed by atoms with Gasteiger partial charge in [0.05, 0.1) is 0 Å². The minimum absolute atomic E-state index is 1.00. The minimum atomic E-state index is 1.00. The Hall–Kier alpha value is -1.35. The van der Waals surface area contributed by atoms with E-state index in [4.69, 9.17) is 0 Å². The number of hydrogen-bond acceptors (Lipinski definition) is 2. The number of rotatable bonds is 3. The Morgan fingerprint density at radius 3 is 2.93 bits per heavy atom. The minimum Gasteiger partial charge on any atom is -0.346 e. The molecule has 0 amide bonds. The van der Waals surface area contributed by atoms with E-state index < -0.39 is 0 Å². The molecule has 0 atom stereocenters. The monoisotopic (exact) mass is 203 g/mol. The highest BCUT2D eigenvalue weighted by atomic mass is 15.0. The first kappa shape index (κ1) is 10.2. The van der Waals surface area contributed by atoms with E-state index in [9.17, 15) is 0 Å². The van der Waals surface area contributed by atoms with Crippen LogP contribution in [0.3, 0.4) is 0 Å². The van der Waals surface area contributed by atoms with Crippen LogP contribution in [-0.2, 0) is 6.42 Å². The molecule has 0 aliphatic carbocycles. The second-order valence-corrected chi connectivity index (χ2v) is 4.22. The zero-order valence-electron chi connectivity index (χ0n) is 9.54. The SMILES string of the molecule is Cc1ccnc2[nH]cc(CCN(C)C)c12. The normalized spacial score (nSPS) is 11.5. The summed E-state index contributed by atoms with van der Waals surface area (Å²) in [5.41, 5.74) is 3.67.